The van der Waals surface area contributed by atoms with Gasteiger partial charge in [-0.2, -0.15) is 10.2 Å². The molecule has 2 aliphatic heterocycles. The summed E-state index contributed by atoms with van der Waals surface area (Å²) in [5.41, 5.74) is 2.77. The minimum absolute atomic E-state index is 0.0474. The molecule has 5 heterocycles. The number of aromatic nitrogens is 6. The molecule has 3 aromatic rings. The fourth-order valence-corrected chi connectivity index (χ4v) is 4.37. The van der Waals surface area contributed by atoms with Crippen molar-refractivity contribution in [2.75, 3.05) is 13.1 Å². The number of hydrogen-bond acceptors (Lipinski definition) is 5. The second-order valence-corrected chi connectivity index (χ2v) is 7.83. The molecule has 1 fully saturated rings. The zero-order chi connectivity index (χ0) is 18.9. The van der Waals surface area contributed by atoms with E-state index in [1.165, 1.54) is 17.7 Å². The predicted molar refractivity (Wildman–Crippen MR) is 104 cm³/mol. The molecular weight excluding hydrogens is 354 g/mol. The Morgan fingerprint density at radius 3 is 2.82 bits per heavy atom. The van der Waals surface area contributed by atoms with Crippen LogP contribution in [0.1, 0.15) is 30.5 Å². The molecule has 0 atom stereocenters. The van der Waals surface area contributed by atoms with Gasteiger partial charge >= 0.3 is 0 Å². The van der Waals surface area contributed by atoms with Crippen molar-refractivity contribution in [1.29, 1.82) is 0 Å². The van der Waals surface area contributed by atoms with E-state index in [0.717, 1.165) is 45.4 Å². The molecule has 0 unspecified atom stereocenters. The lowest BCUT2D eigenvalue weighted by Crippen LogP contribution is -2.36. The van der Waals surface area contributed by atoms with E-state index >= 15 is 0 Å². The van der Waals surface area contributed by atoms with Crippen LogP contribution in [0, 0.1) is 5.92 Å². The van der Waals surface area contributed by atoms with E-state index in [9.17, 15) is 4.79 Å². The quantitative estimate of drug-likeness (QED) is 0.671. The Hall–Kier alpha value is -2.74. The summed E-state index contributed by atoms with van der Waals surface area (Å²) >= 11 is 0. The van der Waals surface area contributed by atoms with Gasteiger partial charge in [0.05, 0.1) is 6.20 Å². The van der Waals surface area contributed by atoms with E-state index in [1.807, 2.05) is 18.5 Å². The summed E-state index contributed by atoms with van der Waals surface area (Å²) in [5, 5.41) is 13.2. The molecule has 0 aromatic carbocycles. The SMILES string of the molecule is O=c1ccc(-n2cccn2)nn1CC1CCN(Cc2cnn3c2CCC3)CC1. The maximum absolute atomic E-state index is 12.3. The Bertz CT molecular complexity index is 996. The van der Waals surface area contributed by atoms with Crippen LogP contribution in [0.5, 0.6) is 0 Å². The molecule has 8 heteroatoms. The van der Waals surface area contributed by atoms with Crippen LogP contribution in [0.3, 0.4) is 0 Å². The van der Waals surface area contributed by atoms with Gasteiger partial charge in [-0.3, -0.25) is 14.4 Å². The highest BCUT2D eigenvalue weighted by Crippen LogP contribution is 2.23. The third kappa shape index (κ3) is 3.40. The van der Waals surface area contributed by atoms with Crippen LogP contribution < -0.4 is 5.56 Å². The Labute approximate surface area is 163 Å². The number of aryl methyl sites for hydroxylation is 1. The van der Waals surface area contributed by atoms with Gasteiger partial charge in [0.15, 0.2) is 5.82 Å². The number of fused-ring (bicyclic) bond motifs is 1. The Balaban J connectivity index is 1.21. The highest BCUT2D eigenvalue weighted by atomic mass is 16.1. The average Bonchev–Trinajstić information content (AvgIpc) is 3.45. The van der Waals surface area contributed by atoms with Crippen molar-refractivity contribution in [3.8, 4) is 5.82 Å². The number of likely N-dealkylation sites (tertiary alicyclic amines) is 1. The van der Waals surface area contributed by atoms with Gasteiger partial charge in [-0.15, -0.1) is 5.10 Å². The van der Waals surface area contributed by atoms with Crippen LogP contribution in [-0.4, -0.2) is 47.3 Å². The predicted octanol–water partition coefficient (Wildman–Crippen LogP) is 1.48. The van der Waals surface area contributed by atoms with Gasteiger partial charge in [0.1, 0.15) is 0 Å². The molecule has 0 amide bonds. The monoisotopic (exact) mass is 379 g/mol. The molecule has 0 aliphatic carbocycles. The van der Waals surface area contributed by atoms with E-state index < -0.39 is 0 Å². The zero-order valence-electron chi connectivity index (χ0n) is 15.9. The topological polar surface area (TPSA) is 73.8 Å². The van der Waals surface area contributed by atoms with Crippen molar-refractivity contribution < 1.29 is 0 Å². The first-order chi connectivity index (χ1) is 13.8. The van der Waals surface area contributed by atoms with E-state index in [0.29, 0.717) is 18.3 Å². The lowest BCUT2D eigenvalue weighted by molar-refractivity contribution is 0.163. The first kappa shape index (κ1) is 17.4. The maximum atomic E-state index is 12.3. The standard InChI is InChI=1S/C20H25N7O/c28-20-5-4-19(26-10-2-8-21-26)23-27(20)14-16-6-11-24(12-7-16)15-17-13-22-25-9-1-3-18(17)25/h2,4-5,8,10,13,16H,1,3,6-7,9,11-12,14-15H2. The van der Waals surface area contributed by atoms with Gasteiger partial charge in [-0.1, -0.05) is 0 Å². The smallest absolute Gasteiger partial charge is 0.266 e. The molecule has 0 spiro atoms. The van der Waals surface area contributed by atoms with E-state index in [1.54, 1.807) is 27.7 Å². The molecule has 0 bridgehead atoms. The maximum Gasteiger partial charge on any atom is 0.266 e. The highest BCUT2D eigenvalue weighted by molar-refractivity contribution is 5.20. The molecule has 28 heavy (non-hydrogen) atoms. The van der Waals surface area contributed by atoms with Gasteiger partial charge in [-0.25, -0.2) is 9.36 Å². The van der Waals surface area contributed by atoms with Gasteiger partial charge in [0.2, 0.25) is 0 Å². The fourth-order valence-electron chi connectivity index (χ4n) is 4.37. The van der Waals surface area contributed by atoms with Gasteiger partial charge in [0.25, 0.3) is 5.56 Å². The normalized spacial score (nSPS) is 17.9. The molecule has 1 saturated heterocycles. The molecule has 0 saturated carbocycles. The number of hydrogen-bond donors (Lipinski definition) is 0. The van der Waals surface area contributed by atoms with Crippen LogP contribution in [0.2, 0.25) is 0 Å². The zero-order valence-corrected chi connectivity index (χ0v) is 15.9. The van der Waals surface area contributed by atoms with Crippen molar-refractivity contribution in [1.82, 2.24) is 34.2 Å². The summed E-state index contributed by atoms with van der Waals surface area (Å²) in [7, 11) is 0. The van der Waals surface area contributed by atoms with Gasteiger partial charge < -0.3 is 0 Å². The molecule has 5 rings (SSSR count). The number of nitrogens with zero attached hydrogens (tertiary/aromatic N) is 7. The average molecular weight is 379 g/mol. The first-order valence-electron chi connectivity index (χ1n) is 10.1. The Morgan fingerprint density at radius 2 is 2.00 bits per heavy atom. The van der Waals surface area contributed by atoms with Crippen molar-refractivity contribution in [2.45, 2.75) is 45.3 Å². The lowest BCUT2D eigenvalue weighted by atomic mass is 9.96. The summed E-state index contributed by atoms with van der Waals surface area (Å²) < 4.78 is 5.44. The minimum Gasteiger partial charge on any atom is -0.299 e. The highest BCUT2D eigenvalue weighted by Gasteiger charge is 2.23. The summed E-state index contributed by atoms with van der Waals surface area (Å²) in [6.07, 6.45) is 10.1. The molecular formula is C20H25N7O. The molecule has 2 aliphatic rings. The van der Waals surface area contributed by atoms with Crippen molar-refractivity contribution in [3.05, 3.63) is 58.4 Å². The van der Waals surface area contributed by atoms with Crippen LogP contribution in [0.4, 0.5) is 0 Å². The van der Waals surface area contributed by atoms with Crippen LogP contribution >= 0.6 is 0 Å². The summed E-state index contributed by atoms with van der Waals surface area (Å²) in [4.78, 5) is 14.8. The fraction of sp³-hybridized carbons (Fsp3) is 0.500. The largest absolute Gasteiger partial charge is 0.299 e. The summed E-state index contributed by atoms with van der Waals surface area (Å²) in [6.45, 7) is 4.85. The van der Waals surface area contributed by atoms with Crippen LogP contribution in [0.25, 0.3) is 5.82 Å². The molecule has 3 aromatic heterocycles. The lowest BCUT2D eigenvalue weighted by Gasteiger charge is -2.31. The van der Waals surface area contributed by atoms with E-state index in [2.05, 4.69) is 24.9 Å². The number of rotatable bonds is 5. The van der Waals surface area contributed by atoms with Crippen molar-refractivity contribution >= 4 is 0 Å². The van der Waals surface area contributed by atoms with Crippen LogP contribution in [0.15, 0.2) is 41.6 Å². The third-order valence-corrected chi connectivity index (χ3v) is 5.94. The minimum atomic E-state index is -0.0474. The Kier molecular flexibility index (Phi) is 4.56. The van der Waals surface area contributed by atoms with Gasteiger partial charge in [0, 0.05) is 49.4 Å². The summed E-state index contributed by atoms with van der Waals surface area (Å²) in [5.74, 6) is 1.16. The number of piperidine rings is 1. The van der Waals surface area contributed by atoms with E-state index in [4.69, 9.17) is 0 Å². The molecule has 8 nitrogen and oxygen atoms in total. The Morgan fingerprint density at radius 1 is 1.11 bits per heavy atom. The molecule has 146 valence electrons. The second kappa shape index (κ2) is 7.35. The van der Waals surface area contributed by atoms with Crippen LogP contribution in [-0.2, 0) is 26.1 Å². The van der Waals surface area contributed by atoms with E-state index in [-0.39, 0.29) is 5.56 Å². The third-order valence-electron chi connectivity index (χ3n) is 5.94. The molecule has 0 N–H and O–H groups in total. The summed E-state index contributed by atoms with van der Waals surface area (Å²) in [6, 6.07) is 5.15. The van der Waals surface area contributed by atoms with Crippen molar-refractivity contribution in [3.63, 3.8) is 0 Å². The van der Waals surface area contributed by atoms with Crippen molar-refractivity contribution in [2.24, 2.45) is 5.92 Å². The van der Waals surface area contributed by atoms with Gasteiger partial charge in [-0.05, 0) is 56.8 Å². The first-order valence-corrected chi connectivity index (χ1v) is 10.1. The second-order valence-electron chi connectivity index (χ2n) is 7.83. The molecule has 0 radical (unpaired) electrons.